The van der Waals surface area contributed by atoms with Crippen molar-refractivity contribution in [3.63, 3.8) is 0 Å². The second-order valence-electron chi connectivity index (χ2n) is 5.52. The maximum atomic E-state index is 13.1. The van der Waals surface area contributed by atoms with Crippen LogP contribution in [0.3, 0.4) is 0 Å². The van der Waals surface area contributed by atoms with Crippen molar-refractivity contribution in [2.24, 2.45) is 5.92 Å². The number of likely N-dealkylation sites (tertiary alicyclic amines) is 1. The second kappa shape index (κ2) is 6.62. The zero-order valence-electron chi connectivity index (χ0n) is 11.8. The first-order valence-electron chi connectivity index (χ1n) is 6.99. The minimum atomic E-state index is -4.63. The minimum Gasteiger partial charge on any atom is -0.396 e. The smallest absolute Gasteiger partial charge is 0.396 e. The van der Waals surface area contributed by atoms with E-state index in [1.54, 1.807) is 0 Å². The van der Waals surface area contributed by atoms with Gasteiger partial charge in [0.25, 0.3) is 5.69 Å². The average Bonchev–Trinajstić information content (AvgIpc) is 2.46. The van der Waals surface area contributed by atoms with Gasteiger partial charge in [-0.1, -0.05) is 6.07 Å². The number of rotatable bonds is 4. The number of benzene rings is 1. The van der Waals surface area contributed by atoms with E-state index in [1.165, 1.54) is 6.07 Å². The summed E-state index contributed by atoms with van der Waals surface area (Å²) in [4.78, 5) is 11.7. The summed E-state index contributed by atoms with van der Waals surface area (Å²) in [6.07, 6.45) is -2.95. The third kappa shape index (κ3) is 3.95. The quantitative estimate of drug-likeness (QED) is 0.685. The highest BCUT2D eigenvalue weighted by molar-refractivity contribution is 5.41. The second-order valence-corrected chi connectivity index (χ2v) is 5.52. The van der Waals surface area contributed by atoms with Gasteiger partial charge in [0.1, 0.15) is 0 Å². The van der Waals surface area contributed by atoms with E-state index in [2.05, 4.69) is 0 Å². The van der Waals surface area contributed by atoms with Gasteiger partial charge in [0.2, 0.25) is 0 Å². The van der Waals surface area contributed by atoms with Crippen LogP contribution in [-0.4, -0.2) is 34.6 Å². The third-order valence-corrected chi connectivity index (χ3v) is 3.86. The van der Waals surface area contributed by atoms with Gasteiger partial charge in [-0.3, -0.25) is 15.0 Å². The first-order chi connectivity index (χ1) is 10.3. The van der Waals surface area contributed by atoms with E-state index in [4.69, 9.17) is 0 Å². The van der Waals surface area contributed by atoms with E-state index in [0.717, 1.165) is 18.9 Å². The molecule has 0 spiro atoms. The summed E-state index contributed by atoms with van der Waals surface area (Å²) < 4.78 is 39.3. The van der Waals surface area contributed by atoms with Gasteiger partial charge in [-0.2, -0.15) is 13.2 Å². The molecule has 1 aliphatic heterocycles. The minimum absolute atomic E-state index is 0.0168. The molecule has 1 N–H and O–H groups in total. The highest BCUT2D eigenvalue weighted by Crippen LogP contribution is 2.35. The Morgan fingerprint density at radius 2 is 2.14 bits per heavy atom. The van der Waals surface area contributed by atoms with Crippen LogP contribution in [0.1, 0.15) is 24.0 Å². The Bertz CT molecular complexity index is 549. The van der Waals surface area contributed by atoms with Crippen molar-refractivity contribution in [2.75, 3.05) is 19.7 Å². The Hall–Kier alpha value is -1.67. The van der Waals surface area contributed by atoms with Gasteiger partial charge in [0.05, 0.1) is 10.5 Å². The number of nitro groups is 1. The molecule has 8 heteroatoms. The predicted octanol–water partition coefficient (Wildman–Crippen LogP) is 2.82. The zero-order valence-corrected chi connectivity index (χ0v) is 11.8. The van der Waals surface area contributed by atoms with Gasteiger partial charge >= 0.3 is 6.18 Å². The number of non-ortho nitro benzene ring substituents is 1. The van der Waals surface area contributed by atoms with Crippen LogP contribution in [0, 0.1) is 16.0 Å². The first-order valence-corrected chi connectivity index (χ1v) is 6.99. The van der Waals surface area contributed by atoms with Crippen LogP contribution in [-0.2, 0) is 12.7 Å². The predicted molar refractivity (Wildman–Crippen MR) is 73.2 cm³/mol. The van der Waals surface area contributed by atoms with Crippen LogP contribution in [0.15, 0.2) is 18.2 Å². The Labute approximate surface area is 125 Å². The van der Waals surface area contributed by atoms with E-state index >= 15 is 0 Å². The largest absolute Gasteiger partial charge is 0.416 e. The molecule has 1 aliphatic rings. The molecular weight excluding hydrogens is 301 g/mol. The Kier molecular flexibility index (Phi) is 5.02. The summed E-state index contributed by atoms with van der Waals surface area (Å²) in [5.74, 6) is 0.0705. The molecule has 0 aliphatic carbocycles. The molecule has 1 unspecified atom stereocenters. The standard InChI is InChI=1S/C14H17F3N2O3/c15-14(16,17)13-6-12(19(21)22)4-3-11(13)8-18-5-1-2-10(7-18)9-20/h3-4,6,10,20H,1-2,5,7-9H2. The summed E-state index contributed by atoms with van der Waals surface area (Å²) in [6.45, 7) is 1.28. The maximum absolute atomic E-state index is 13.1. The number of aliphatic hydroxyl groups excluding tert-OH is 1. The monoisotopic (exact) mass is 318 g/mol. The molecule has 22 heavy (non-hydrogen) atoms. The number of nitro benzene ring substituents is 1. The molecule has 0 radical (unpaired) electrons. The fraction of sp³-hybridized carbons (Fsp3) is 0.571. The summed E-state index contributed by atoms with van der Waals surface area (Å²) in [5.41, 5.74) is -1.51. The van der Waals surface area contributed by atoms with Gasteiger partial charge in [-0.05, 0) is 30.9 Å². The van der Waals surface area contributed by atoms with Crippen LogP contribution in [0.2, 0.25) is 0 Å². The molecule has 122 valence electrons. The molecule has 1 atom stereocenters. The highest BCUT2D eigenvalue weighted by atomic mass is 19.4. The van der Waals surface area contributed by atoms with E-state index in [0.29, 0.717) is 19.2 Å². The van der Waals surface area contributed by atoms with E-state index in [-0.39, 0.29) is 24.6 Å². The Morgan fingerprint density at radius 1 is 1.41 bits per heavy atom. The van der Waals surface area contributed by atoms with Crippen molar-refractivity contribution in [2.45, 2.75) is 25.6 Å². The fourth-order valence-electron chi connectivity index (χ4n) is 2.76. The molecule has 0 amide bonds. The number of hydrogen-bond acceptors (Lipinski definition) is 4. The van der Waals surface area contributed by atoms with Crippen molar-refractivity contribution >= 4 is 5.69 Å². The molecule has 0 saturated carbocycles. The third-order valence-electron chi connectivity index (χ3n) is 3.86. The number of halogens is 3. The van der Waals surface area contributed by atoms with Crippen LogP contribution in [0.25, 0.3) is 0 Å². The van der Waals surface area contributed by atoms with Crippen LogP contribution in [0.4, 0.5) is 18.9 Å². The lowest BCUT2D eigenvalue weighted by molar-refractivity contribution is -0.385. The first kappa shape index (κ1) is 16.7. The molecule has 1 saturated heterocycles. The zero-order chi connectivity index (χ0) is 16.3. The van der Waals surface area contributed by atoms with E-state index in [9.17, 15) is 28.4 Å². The van der Waals surface area contributed by atoms with Crippen molar-refractivity contribution in [1.29, 1.82) is 0 Å². The molecule has 2 rings (SSSR count). The molecule has 0 bridgehead atoms. The van der Waals surface area contributed by atoms with E-state index in [1.807, 2.05) is 4.90 Å². The van der Waals surface area contributed by atoms with Crippen molar-refractivity contribution in [3.8, 4) is 0 Å². The lowest BCUT2D eigenvalue weighted by atomic mass is 9.97. The number of piperidine rings is 1. The maximum Gasteiger partial charge on any atom is 0.416 e. The van der Waals surface area contributed by atoms with Crippen LogP contribution in [0.5, 0.6) is 0 Å². The molecule has 1 aromatic rings. The SMILES string of the molecule is O=[N+]([O-])c1ccc(CN2CCCC(CO)C2)c(C(F)(F)F)c1. The lowest BCUT2D eigenvalue weighted by Gasteiger charge is -2.32. The van der Waals surface area contributed by atoms with Crippen LogP contribution >= 0.6 is 0 Å². The van der Waals surface area contributed by atoms with Gasteiger partial charge in [0.15, 0.2) is 0 Å². The van der Waals surface area contributed by atoms with E-state index < -0.39 is 22.4 Å². The normalized spacial score (nSPS) is 20.1. The van der Waals surface area contributed by atoms with Crippen LogP contribution < -0.4 is 0 Å². The number of aliphatic hydroxyl groups is 1. The Balaban J connectivity index is 2.24. The van der Waals surface area contributed by atoms with Gasteiger partial charge in [-0.15, -0.1) is 0 Å². The summed E-state index contributed by atoms with van der Waals surface area (Å²) >= 11 is 0. The summed E-state index contributed by atoms with van der Waals surface area (Å²) in [7, 11) is 0. The number of alkyl halides is 3. The van der Waals surface area contributed by atoms with Crippen molar-refractivity contribution in [3.05, 3.63) is 39.4 Å². The highest BCUT2D eigenvalue weighted by Gasteiger charge is 2.35. The average molecular weight is 318 g/mol. The van der Waals surface area contributed by atoms with Crippen molar-refractivity contribution < 1.29 is 23.2 Å². The molecule has 1 aromatic carbocycles. The molecule has 1 heterocycles. The Morgan fingerprint density at radius 3 is 2.73 bits per heavy atom. The molecule has 1 fully saturated rings. The summed E-state index contributed by atoms with van der Waals surface area (Å²) in [5, 5.41) is 19.8. The van der Waals surface area contributed by atoms with Gasteiger partial charge in [-0.25, -0.2) is 0 Å². The topological polar surface area (TPSA) is 66.6 Å². The number of nitrogens with zero attached hydrogens (tertiary/aromatic N) is 2. The van der Waals surface area contributed by atoms with Crippen molar-refractivity contribution in [1.82, 2.24) is 4.90 Å². The molecule has 5 nitrogen and oxygen atoms in total. The van der Waals surface area contributed by atoms with Gasteiger partial charge < -0.3 is 5.11 Å². The fourth-order valence-corrected chi connectivity index (χ4v) is 2.76. The molecular formula is C14H17F3N2O3. The molecule has 0 aromatic heterocycles. The lowest BCUT2D eigenvalue weighted by Crippen LogP contribution is -2.36. The van der Waals surface area contributed by atoms with Gasteiger partial charge in [0, 0.05) is 31.8 Å². The number of hydrogen-bond donors (Lipinski definition) is 1. The summed E-state index contributed by atoms with van der Waals surface area (Å²) in [6, 6.07) is 2.85.